The van der Waals surface area contributed by atoms with Gasteiger partial charge in [0.15, 0.2) is 0 Å². The Kier molecular flexibility index (Phi) is 7.54. The van der Waals surface area contributed by atoms with Crippen molar-refractivity contribution in [2.45, 2.75) is 39.5 Å². The Morgan fingerprint density at radius 3 is 2.58 bits per heavy atom. The summed E-state index contributed by atoms with van der Waals surface area (Å²) in [5.74, 6) is -0.214. The van der Waals surface area contributed by atoms with Crippen molar-refractivity contribution in [3.05, 3.63) is 33.8 Å². The van der Waals surface area contributed by atoms with Gasteiger partial charge in [-0.05, 0) is 78.3 Å². The number of rotatable bonds is 8. The molecule has 0 spiro atoms. The van der Waals surface area contributed by atoms with Gasteiger partial charge >= 0.3 is 0 Å². The van der Waals surface area contributed by atoms with Gasteiger partial charge in [-0.1, -0.05) is 13.8 Å². The minimum atomic E-state index is -0.395. The quantitative estimate of drug-likeness (QED) is 0.537. The topological polar surface area (TPSA) is 12.0 Å². The van der Waals surface area contributed by atoms with Crippen molar-refractivity contribution < 1.29 is 8.78 Å². The van der Waals surface area contributed by atoms with Crippen molar-refractivity contribution in [3.8, 4) is 0 Å². The van der Waals surface area contributed by atoms with Gasteiger partial charge in [-0.25, -0.2) is 8.78 Å². The summed E-state index contributed by atoms with van der Waals surface area (Å²) < 4.78 is 27.2. The minimum Gasteiger partial charge on any atom is -0.317 e. The molecule has 1 aromatic carbocycles. The predicted molar refractivity (Wildman–Crippen MR) is 79.3 cm³/mol. The molecule has 0 aliphatic rings. The van der Waals surface area contributed by atoms with Gasteiger partial charge in [0.25, 0.3) is 0 Å². The van der Waals surface area contributed by atoms with Crippen LogP contribution in [0.15, 0.2) is 16.6 Å². The van der Waals surface area contributed by atoms with Crippen molar-refractivity contribution in [3.63, 3.8) is 0 Å². The summed E-state index contributed by atoms with van der Waals surface area (Å²) in [6.45, 7) is 6.33. The van der Waals surface area contributed by atoms with Gasteiger partial charge in [-0.2, -0.15) is 0 Å². The highest BCUT2D eigenvalue weighted by Gasteiger charge is 2.10. The maximum atomic E-state index is 13.6. The van der Waals surface area contributed by atoms with Crippen LogP contribution >= 0.6 is 15.9 Å². The van der Waals surface area contributed by atoms with Gasteiger partial charge in [0.05, 0.1) is 4.47 Å². The highest BCUT2D eigenvalue weighted by molar-refractivity contribution is 9.10. The van der Waals surface area contributed by atoms with E-state index in [1.807, 2.05) is 0 Å². The van der Waals surface area contributed by atoms with Gasteiger partial charge in [-0.3, -0.25) is 0 Å². The fourth-order valence-corrected chi connectivity index (χ4v) is 2.27. The zero-order valence-corrected chi connectivity index (χ0v) is 13.2. The Morgan fingerprint density at radius 2 is 1.89 bits per heavy atom. The first-order valence-electron chi connectivity index (χ1n) is 6.88. The molecule has 1 nitrogen and oxygen atoms in total. The van der Waals surface area contributed by atoms with E-state index in [-0.39, 0.29) is 10.3 Å². The summed E-state index contributed by atoms with van der Waals surface area (Å²) in [5, 5.41) is 3.35. The largest absolute Gasteiger partial charge is 0.317 e. The van der Waals surface area contributed by atoms with E-state index >= 15 is 0 Å². The van der Waals surface area contributed by atoms with Crippen LogP contribution in [-0.4, -0.2) is 13.1 Å². The number of aryl methyl sites for hydroxylation is 1. The molecule has 0 radical (unpaired) electrons. The maximum Gasteiger partial charge on any atom is 0.137 e. The first-order valence-corrected chi connectivity index (χ1v) is 7.68. The van der Waals surface area contributed by atoms with Crippen molar-refractivity contribution in [1.82, 2.24) is 5.32 Å². The number of hydrogen-bond acceptors (Lipinski definition) is 1. The Bertz CT molecular complexity index is 396. The first kappa shape index (κ1) is 16.6. The molecule has 1 unspecified atom stereocenters. The highest BCUT2D eigenvalue weighted by Crippen LogP contribution is 2.22. The molecule has 0 saturated heterocycles. The molecule has 0 bridgehead atoms. The van der Waals surface area contributed by atoms with Crippen molar-refractivity contribution in [1.29, 1.82) is 0 Å². The maximum absolute atomic E-state index is 13.6. The molecular weight excluding hydrogens is 312 g/mol. The lowest BCUT2D eigenvalue weighted by Crippen LogP contribution is -2.18. The highest BCUT2D eigenvalue weighted by atomic mass is 79.9. The van der Waals surface area contributed by atoms with Crippen LogP contribution in [0.1, 0.15) is 38.7 Å². The molecule has 0 aromatic heterocycles. The molecule has 1 N–H and O–H groups in total. The third-order valence-corrected chi connectivity index (χ3v) is 3.84. The molecule has 0 aliphatic carbocycles. The standard InChI is InChI=1S/C15H22BrF2N/c1-3-7-19-8-6-11(2)4-5-12-9-15(18)13(16)10-14(12)17/h9-11,19H,3-8H2,1-2H3. The van der Waals surface area contributed by atoms with E-state index in [2.05, 4.69) is 35.1 Å². The van der Waals surface area contributed by atoms with Gasteiger partial charge in [0.2, 0.25) is 0 Å². The number of halogens is 3. The third-order valence-electron chi connectivity index (χ3n) is 3.24. The Hall–Kier alpha value is -0.480. The zero-order chi connectivity index (χ0) is 14.3. The van der Waals surface area contributed by atoms with Crippen molar-refractivity contribution >= 4 is 15.9 Å². The Labute approximate surface area is 122 Å². The second kappa shape index (κ2) is 8.64. The molecule has 0 amide bonds. The summed E-state index contributed by atoms with van der Waals surface area (Å²) in [7, 11) is 0. The molecule has 108 valence electrons. The lowest BCUT2D eigenvalue weighted by atomic mass is 9.98. The summed E-state index contributed by atoms with van der Waals surface area (Å²) in [6, 6.07) is 2.50. The third kappa shape index (κ3) is 6.00. The zero-order valence-electron chi connectivity index (χ0n) is 11.6. The van der Waals surface area contributed by atoms with Gasteiger partial charge < -0.3 is 5.32 Å². The Morgan fingerprint density at radius 1 is 1.16 bits per heavy atom. The van der Waals surface area contributed by atoms with E-state index in [0.717, 1.165) is 32.4 Å². The molecule has 1 rings (SSSR count). The van der Waals surface area contributed by atoms with Crippen LogP contribution in [-0.2, 0) is 6.42 Å². The average Bonchev–Trinajstić information content (AvgIpc) is 2.37. The Balaban J connectivity index is 2.37. The molecule has 0 saturated carbocycles. The van der Waals surface area contributed by atoms with Crippen LogP contribution in [0.25, 0.3) is 0 Å². The molecule has 0 aliphatic heterocycles. The van der Waals surface area contributed by atoms with E-state index in [0.29, 0.717) is 17.9 Å². The number of hydrogen-bond donors (Lipinski definition) is 1. The van der Waals surface area contributed by atoms with Crippen LogP contribution in [0.5, 0.6) is 0 Å². The summed E-state index contributed by atoms with van der Waals surface area (Å²) in [4.78, 5) is 0. The van der Waals surface area contributed by atoms with Gasteiger partial charge in [0, 0.05) is 0 Å². The number of benzene rings is 1. The van der Waals surface area contributed by atoms with Gasteiger partial charge in [0.1, 0.15) is 11.6 Å². The van der Waals surface area contributed by atoms with Crippen molar-refractivity contribution in [2.24, 2.45) is 5.92 Å². The van der Waals surface area contributed by atoms with Crippen molar-refractivity contribution in [2.75, 3.05) is 13.1 Å². The summed E-state index contributed by atoms with van der Waals surface area (Å²) >= 11 is 2.99. The fraction of sp³-hybridized carbons (Fsp3) is 0.600. The van der Waals surface area contributed by atoms with Crippen LogP contribution in [0.2, 0.25) is 0 Å². The normalized spacial score (nSPS) is 12.7. The molecule has 0 fully saturated rings. The first-order chi connectivity index (χ1) is 9.04. The lowest BCUT2D eigenvalue weighted by Gasteiger charge is -2.12. The monoisotopic (exact) mass is 333 g/mol. The van der Waals surface area contributed by atoms with Gasteiger partial charge in [-0.15, -0.1) is 0 Å². The van der Waals surface area contributed by atoms with Crippen LogP contribution in [0.4, 0.5) is 8.78 Å². The minimum absolute atomic E-state index is 0.186. The van der Waals surface area contributed by atoms with E-state index in [4.69, 9.17) is 0 Å². The second-order valence-electron chi connectivity index (χ2n) is 5.04. The predicted octanol–water partition coefficient (Wildman–Crippen LogP) is 4.69. The molecule has 4 heteroatoms. The smallest absolute Gasteiger partial charge is 0.137 e. The van der Waals surface area contributed by atoms with Crippen LogP contribution in [0, 0.1) is 17.6 Å². The SMILES string of the molecule is CCCNCCC(C)CCc1cc(F)c(Br)cc1F. The molecular formula is C15H22BrF2N. The van der Waals surface area contributed by atoms with E-state index in [9.17, 15) is 8.78 Å². The fourth-order valence-electron chi connectivity index (χ4n) is 1.95. The van der Waals surface area contributed by atoms with E-state index < -0.39 is 5.82 Å². The van der Waals surface area contributed by atoms with Crippen LogP contribution in [0.3, 0.4) is 0 Å². The molecule has 1 atom stereocenters. The lowest BCUT2D eigenvalue weighted by molar-refractivity contribution is 0.464. The molecule has 1 aromatic rings. The van der Waals surface area contributed by atoms with E-state index in [1.165, 1.54) is 12.1 Å². The van der Waals surface area contributed by atoms with E-state index in [1.54, 1.807) is 0 Å². The molecule has 0 heterocycles. The average molecular weight is 334 g/mol. The summed E-state index contributed by atoms with van der Waals surface area (Å²) in [5.41, 5.74) is 0.467. The molecule has 19 heavy (non-hydrogen) atoms. The summed E-state index contributed by atoms with van der Waals surface area (Å²) in [6.07, 6.45) is 3.68. The van der Waals surface area contributed by atoms with Crippen LogP contribution < -0.4 is 5.32 Å². The number of nitrogens with one attached hydrogen (secondary N) is 1. The second-order valence-corrected chi connectivity index (χ2v) is 5.89.